The van der Waals surface area contributed by atoms with Crippen molar-refractivity contribution < 1.29 is 51.0 Å². The normalized spacial score (nSPS) is 14.2. The SMILES string of the molecule is CC[c-]1ccc2c1CCCC2.[C-]1=CC=CC1.[Cl-].[Cl-].[Zr+4]. The average Bonchev–Trinajstić information content (AvgIpc) is 3.02. The van der Waals surface area contributed by atoms with Gasteiger partial charge < -0.3 is 24.8 Å². The number of halogens is 2. The topological polar surface area (TPSA) is 0 Å². The fourth-order valence-corrected chi connectivity index (χ4v) is 2.45. The average molecular weight is 374 g/mol. The van der Waals surface area contributed by atoms with Gasteiger partial charge in [-0.25, -0.2) is 18.2 Å². The van der Waals surface area contributed by atoms with E-state index in [9.17, 15) is 0 Å². The Bertz CT molecular complexity index is 368. The van der Waals surface area contributed by atoms with Crippen molar-refractivity contribution in [2.75, 3.05) is 0 Å². The fraction of sp³-hybridized carbons (Fsp3) is 0.438. The van der Waals surface area contributed by atoms with Crippen LogP contribution in [-0.2, 0) is 45.5 Å². The zero-order valence-corrected chi connectivity index (χ0v) is 15.4. The Morgan fingerprint density at radius 3 is 2.47 bits per heavy atom. The molecule has 0 amide bonds. The van der Waals surface area contributed by atoms with Crippen LogP contribution in [-0.4, -0.2) is 0 Å². The third-order valence-corrected chi connectivity index (χ3v) is 3.35. The fourth-order valence-electron chi connectivity index (χ4n) is 2.45. The van der Waals surface area contributed by atoms with Crippen molar-refractivity contribution in [3.63, 3.8) is 0 Å². The minimum atomic E-state index is 0. The Morgan fingerprint density at radius 2 is 1.95 bits per heavy atom. The summed E-state index contributed by atoms with van der Waals surface area (Å²) < 4.78 is 0. The van der Waals surface area contributed by atoms with E-state index in [1.54, 1.807) is 16.7 Å². The Labute approximate surface area is 149 Å². The van der Waals surface area contributed by atoms with Crippen LogP contribution in [0.4, 0.5) is 0 Å². The van der Waals surface area contributed by atoms with Gasteiger partial charge in [-0.3, -0.25) is 6.08 Å². The third-order valence-electron chi connectivity index (χ3n) is 3.35. The molecule has 1 aromatic carbocycles. The minimum absolute atomic E-state index is 0. The zero-order valence-electron chi connectivity index (χ0n) is 11.4. The molecule has 19 heavy (non-hydrogen) atoms. The molecular weight excluding hydrogens is 354 g/mol. The van der Waals surface area contributed by atoms with E-state index in [2.05, 4.69) is 31.2 Å². The van der Waals surface area contributed by atoms with E-state index in [0.717, 1.165) is 6.42 Å². The van der Waals surface area contributed by atoms with Gasteiger partial charge in [-0.2, -0.15) is 28.8 Å². The summed E-state index contributed by atoms with van der Waals surface area (Å²) in [5, 5.41) is 0. The van der Waals surface area contributed by atoms with Crippen LogP contribution in [0.5, 0.6) is 0 Å². The van der Waals surface area contributed by atoms with Gasteiger partial charge in [0.2, 0.25) is 0 Å². The van der Waals surface area contributed by atoms with E-state index in [0.29, 0.717) is 0 Å². The van der Waals surface area contributed by atoms with Crippen molar-refractivity contribution in [2.24, 2.45) is 0 Å². The first kappa shape index (κ1) is 21.6. The van der Waals surface area contributed by atoms with E-state index in [1.165, 1.54) is 32.1 Å². The quantitative estimate of drug-likeness (QED) is 0.507. The number of fused-ring (bicyclic) bond motifs is 1. The second kappa shape index (κ2) is 12.1. The van der Waals surface area contributed by atoms with Crippen LogP contribution in [0.1, 0.15) is 42.9 Å². The summed E-state index contributed by atoms with van der Waals surface area (Å²) in [4.78, 5) is 0. The van der Waals surface area contributed by atoms with Crippen LogP contribution in [0.3, 0.4) is 0 Å². The first-order chi connectivity index (χ1) is 7.92. The van der Waals surface area contributed by atoms with Crippen molar-refractivity contribution in [1.29, 1.82) is 0 Å². The van der Waals surface area contributed by atoms with Crippen LogP contribution in [0.15, 0.2) is 30.4 Å². The molecule has 0 aromatic heterocycles. The maximum Gasteiger partial charge on any atom is 4.00 e. The van der Waals surface area contributed by atoms with Crippen molar-refractivity contribution in [3.05, 3.63) is 53.1 Å². The monoisotopic (exact) mass is 372 g/mol. The predicted molar refractivity (Wildman–Crippen MR) is 69.6 cm³/mol. The molecule has 0 fully saturated rings. The van der Waals surface area contributed by atoms with Crippen LogP contribution >= 0.6 is 0 Å². The molecule has 0 radical (unpaired) electrons. The van der Waals surface area contributed by atoms with Crippen LogP contribution in [0.25, 0.3) is 0 Å². The number of hydrogen-bond acceptors (Lipinski definition) is 0. The van der Waals surface area contributed by atoms with Gasteiger partial charge in [0.15, 0.2) is 0 Å². The molecule has 102 valence electrons. The zero-order chi connectivity index (χ0) is 11.2. The summed E-state index contributed by atoms with van der Waals surface area (Å²) in [5.41, 5.74) is 4.91. The van der Waals surface area contributed by atoms with Gasteiger partial charge in [-0.1, -0.05) is 39.0 Å². The molecule has 0 nitrogen and oxygen atoms in total. The van der Waals surface area contributed by atoms with Crippen LogP contribution < -0.4 is 24.8 Å². The molecule has 2 aliphatic rings. The molecule has 0 atom stereocenters. The molecule has 0 N–H and O–H groups in total. The van der Waals surface area contributed by atoms with Crippen LogP contribution in [0.2, 0.25) is 0 Å². The molecule has 2 aliphatic carbocycles. The number of hydrogen-bond donors (Lipinski definition) is 0. The summed E-state index contributed by atoms with van der Waals surface area (Å²) in [6.45, 7) is 2.25. The first-order valence-corrected chi connectivity index (χ1v) is 6.40. The van der Waals surface area contributed by atoms with Gasteiger partial charge in [0.25, 0.3) is 0 Å². The van der Waals surface area contributed by atoms with E-state index in [1.807, 2.05) is 12.2 Å². The second-order valence-corrected chi connectivity index (χ2v) is 4.43. The van der Waals surface area contributed by atoms with E-state index in [4.69, 9.17) is 0 Å². The van der Waals surface area contributed by atoms with E-state index in [-0.39, 0.29) is 51.0 Å². The molecule has 1 aromatic rings. The molecule has 0 unspecified atom stereocenters. The maximum absolute atomic E-state index is 2.99. The summed E-state index contributed by atoms with van der Waals surface area (Å²) in [6.07, 6.45) is 16.7. The largest absolute Gasteiger partial charge is 4.00 e. The molecule has 3 rings (SSSR count). The van der Waals surface area contributed by atoms with Gasteiger partial charge in [0.05, 0.1) is 0 Å². The smallest absolute Gasteiger partial charge is 1.00 e. The molecular formula is C16H20Cl2Zr. The maximum atomic E-state index is 2.99. The number of rotatable bonds is 1. The van der Waals surface area contributed by atoms with Crippen molar-refractivity contribution in [2.45, 2.75) is 45.4 Å². The van der Waals surface area contributed by atoms with E-state index >= 15 is 0 Å². The van der Waals surface area contributed by atoms with Gasteiger partial charge in [-0.05, 0) is 0 Å². The molecule has 0 spiro atoms. The Hall–Kier alpha value is 0.293. The third kappa shape index (κ3) is 6.52. The molecule has 0 bridgehead atoms. The van der Waals surface area contributed by atoms with Crippen molar-refractivity contribution in [1.82, 2.24) is 0 Å². The standard InChI is InChI=1S/C11H15.C5H5.2ClH.Zr/c1-2-9-7-8-10-5-3-4-6-11(9)10;1-2-4-5-3-1;;;/h7-8H,2-6H2,1H3;1-3H,4H2;2*1H;/q2*-1;;;+4/p-2. The number of aryl methyl sites for hydroxylation is 2. The summed E-state index contributed by atoms with van der Waals surface area (Å²) in [7, 11) is 0. The van der Waals surface area contributed by atoms with Gasteiger partial charge in [-0.15, -0.1) is 6.42 Å². The Kier molecular flexibility index (Phi) is 13.7. The Morgan fingerprint density at radius 1 is 1.21 bits per heavy atom. The predicted octanol–water partition coefficient (Wildman–Crippen LogP) is -1.84. The Balaban J connectivity index is 0. The summed E-state index contributed by atoms with van der Waals surface area (Å²) >= 11 is 0. The van der Waals surface area contributed by atoms with Gasteiger partial charge in [0, 0.05) is 0 Å². The molecule has 3 heteroatoms. The van der Waals surface area contributed by atoms with Crippen molar-refractivity contribution >= 4 is 0 Å². The molecule has 0 heterocycles. The molecule has 0 aliphatic heterocycles. The second-order valence-electron chi connectivity index (χ2n) is 4.43. The number of allylic oxidation sites excluding steroid dienone is 4. The minimum Gasteiger partial charge on any atom is -1.00 e. The summed E-state index contributed by atoms with van der Waals surface area (Å²) in [5.74, 6) is 0. The first-order valence-electron chi connectivity index (χ1n) is 6.40. The van der Waals surface area contributed by atoms with Crippen molar-refractivity contribution in [3.8, 4) is 0 Å². The van der Waals surface area contributed by atoms with E-state index < -0.39 is 0 Å². The molecule has 0 saturated carbocycles. The van der Waals surface area contributed by atoms with Crippen LogP contribution in [0, 0.1) is 6.08 Å². The van der Waals surface area contributed by atoms with Gasteiger partial charge >= 0.3 is 26.2 Å². The summed E-state index contributed by atoms with van der Waals surface area (Å²) in [6, 6.07) is 4.64. The van der Waals surface area contributed by atoms with Gasteiger partial charge in [0.1, 0.15) is 0 Å². The molecule has 0 saturated heterocycles.